The Kier molecular flexibility index (Phi) is 6.18. The number of hydrogen-bond acceptors (Lipinski definition) is 7. The highest BCUT2D eigenvalue weighted by Crippen LogP contribution is 2.38. The van der Waals surface area contributed by atoms with Gasteiger partial charge in [0, 0.05) is 18.3 Å². The molecule has 0 aromatic carbocycles. The van der Waals surface area contributed by atoms with Crippen molar-refractivity contribution < 1.29 is 21.6 Å². The average molecular weight is 487 g/mol. The Balaban J connectivity index is 1.83. The SMILES string of the molecule is N=C(SC(=N)C(F)F)c1ncc2c(C3=CCNCC3)cc(S(=O)(=O)NC3(CF)CC3)cn12. The van der Waals surface area contributed by atoms with Gasteiger partial charge in [-0.2, -0.15) is 0 Å². The van der Waals surface area contributed by atoms with Crippen molar-refractivity contribution >= 4 is 43.0 Å². The van der Waals surface area contributed by atoms with Gasteiger partial charge in [0.25, 0.3) is 6.43 Å². The first-order chi connectivity index (χ1) is 15.2. The molecular formula is C19H21F3N6O2S2. The summed E-state index contributed by atoms with van der Waals surface area (Å²) in [4.78, 5) is 4.01. The van der Waals surface area contributed by atoms with Crippen molar-refractivity contribution in [2.24, 2.45) is 0 Å². The van der Waals surface area contributed by atoms with Gasteiger partial charge in [-0.05, 0) is 49.2 Å². The molecule has 1 saturated carbocycles. The third-order valence-electron chi connectivity index (χ3n) is 5.41. The van der Waals surface area contributed by atoms with Gasteiger partial charge in [0.05, 0.1) is 22.1 Å². The topological polar surface area (TPSA) is 123 Å². The lowest BCUT2D eigenvalue weighted by Gasteiger charge is -2.18. The highest BCUT2D eigenvalue weighted by molar-refractivity contribution is 8.26. The van der Waals surface area contributed by atoms with Gasteiger partial charge in [-0.3, -0.25) is 15.2 Å². The van der Waals surface area contributed by atoms with Crippen molar-refractivity contribution in [3.8, 4) is 0 Å². The summed E-state index contributed by atoms with van der Waals surface area (Å²) in [5, 5.41) is 17.2. The molecule has 2 aromatic rings. The minimum atomic E-state index is -4.10. The molecule has 0 atom stereocenters. The summed E-state index contributed by atoms with van der Waals surface area (Å²) in [5.74, 6) is -0.0603. The zero-order chi connectivity index (χ0) is 23.1. The maximum Gasteiger partial charge on any atom is 0.285 e. The van der Waals surface area contributed by atoms with Crippen LogP contribution in [0.4, 0.5) is 13.2 Å². The van der Waals surface area contributed by atoms with Crippen LogP contribution in [0.3, 0.4) is 0 Å². The molecule has 172 valence electrons. The normalized spacial score (nSPS) is 18.1. The van der Waals surface area contributed by atoms with Crippen molar-refractivity contribution in [3.05, 3.63) is 35.9 Å². The van der Waals surface area contributed by atoms with Crippen LogP contribution in [0.25, 0.3) is 11.1 Å². The molecule has 2 aliphatic rings. The lowest BCUT2D eigenvalue weighted by Crippen LogP contribution is -2.38. The van der Waals surface area contributed by atoms with E-state index in [0.717, 1.165) is 5.57 Å². The molecule has 0 radical (unpaired) electrons. The maximum absolute atomic E-state index is 13.3. The Labute approximate surface area is 186 Å². The third kappa shape index (κ3) is 4.47. The standard InChI is InChI=1S/C19H21F3N6O2S2/c20-10-19(3-4-19)27-32(29,30)12-7-13(11-1-5-25-6-2-11)14-8-26-18(28(14)9-12)17(24)31-16(23)15(21)22/h1,7-9,15,23-25,27H,2-6,10H2. The van der Waals surface area contributed by atoms with Crippen LogP contribution >= 0.6 is 11.8 Å². The van der Waals surface area contributed by atoms with E-state index in [1.54, 1.807) is 0 Å². The summed E-state index contributed by atoms with van der Waals surface area (Å²) in [6.45, 7) is 0.474. The van der Waals surface area contributed by atoms with Crippen LogP contribution in [0.15, 0.2) is 29.4 Å². The van der Waals surface area contributed by atoms with Crippen LogP contribution in [-0.4, -0.2) is 59.6 Å². The summed E-state index contributed by atoms with van der Waals surface area (Å²) >= 11 is 0.253. The summed E-state index contributed by atoms with van der Waals surface area (Å²) in [7, 11) is -4.10. The molecule has 0 unspecified atom stereocenters. The molecular weight excluding hydrogens is 465 g/mol. The van der Waals surface area contributed by atoms with E-state index in [-0.39, 0.29) is 22.5 Å². The van der Waals surface area contributed by atoms with Crippen molar-refractivity contribution in [1.82, 2.24) is 19.4 Å². The fourth-order valence-electron chi connectivity index (χ4n) is 3.47. The van der Waals surface area contributed by atoms with Gasteiger partial charge in [-0.1, -0.05) is 6.08 Å². The fourth-order valence-corrected chi connectivity index (χ4v) is 5.48. The van der Waals surface area contributed by atoms with Gasteiger partial charge in [-0.25, -0.2) is 31.3 Å². The van der Waals surface area contributed by atoms with Crippen molar-refractivity contribution in [2.45, 2.75) is 36.1 Å². The van der Waals surface area contributed by atoms with Crippen molar-refractivity contribution in [1.29, 1.82) is 10.8 Å². The second-order valence-electron chi connectivity index (χ2n) is 7.73. The molecule has 0 saturated heterocycles. The number of nitrogens with zero attached hydrogens (tertiary/aromatic N) is 2. The highest BCUT2D eigenvalue weighted by Gasteiger charge is 2.46. The quantitative estimate of drug-likeness (QED) is 0.354. The number of aromatic nitrogens is 2. The van der Waals surface area contributed by atoms with Crippen LogP contribution in [0.2, 0.25) is 0 Å². The molecule has 2 aromatic heterocycles. The number of pyridine rings is 1. The molecule has 1 aliphatic carbocycles. The number of imidazole rings is 1. The molecule has 8 nitrogen and oxygen atoms in total. The van der Waals surface area contributed by atoms with E-state index in [2.05, 4.69) is 15.0 Å². The summed E-state index contributed by atoms with van der Waals surface area (Å²) in [5.41, 5.74) is 0.880. The van der Waals surface area contributed by atoms with E-state index in [1.807, 2.05) is 6.08 Å². The Hall–Kier alpha value is -2.22. The summed E-state index contributed by atoms with van der Waals surface area (Å²) in [6.07, 6.45) is 3.03. The molecule has 0 bridgehead atoms. The monoisotopic (exact) mass is 486 g/mol. The number of nitrogens with one attached hydrogen (secondary N) is 4. The summed E-state index contributed by atoms with van der Waals surface area (Å²) in [6, 6.07) is 1.49. The first kappa shape index (κ1) is 23.0. The average Bonchev–Trinajstić information content (AvgIpc) is 3.39. The minimum absolute atomic E-state index is 0.0603. The van der Waals surface area contributed by atoms with Gasteiger partial charge in [-0.15, -0.1) is 0 Å². The first-order valence-electron chi connectivity index (χ1n) is 9.80. The Morgan fingerprint density at radius 3 is 2.72 bits per heavy atom. The van der Waals surface area contributed by atoms with Crippen LogP contribution in [-0.2, 0) is 10.0 Å². The lowest BCUT2D eigenvalue weighted by atomic mass is 10.0. The summed E-state index contributed by atoms with van der Waals surface area (Å²) < 4.78 is 68.8. The Morgan fingerprint density at radius 1 is 1.38 bits per heavy atom. The van der Waals surface area contributed by atoms with E-state index in [9.17, 15) is 21.6 Å². The third-order valence-corrected chi connectivity index (χ3v) is 7.74. The van der Waals surface area contributed by atoms with Gasteiger partial charge in [0.2, 0.25) is 10.0 Å². The number of alkyl halides is 3. The number of thioether (sulfide) groups is 1. The van der Waals surface area contributed by atoms with Gasteiger partial charge >= 0.3 is 0 Å². The molecule has 0 amide bonds. The fraction of sp³-hybridized carbons (Fsp3) is 0.421. The molecule has 1 aliphatic heterocycles. The molecule has 3 heterocycles. The number of sulfonamides is 1. The van der Waals surface area contributed by atoms with E-state index in [4.69, 9.17) is 10.8 Å². The largest absolute Gasteiger partial charge is 0.313 e. The molecule has 0 spiro atoms. The number of halogens is 3. The van der Waals surface area contributed by atoms with E-state index in [0.29, 0.717) is 43.4 Å². The first-order valence-corrected chi connectivity index (χ1v) is 12.1. The number of rotatable bonds is 7. The zero-order valence-electron chi connectivity index (χ0n) is 16.8. The molecule has 32 heavy (non-hydrogen) atoms. The maximum atomic E-state index is 13.3. The van der Waals surface area contributed by atoms with E-state index >= 15 is 0 Å². The molecule has 13 heteroatoms. The minimum Gasteiger partial charge on any atom is -0.313 e. The number of hydrogen-bond donors (Lipinski definition) is 4. The van der Waals surface area contributed by atoms with Gasteiger partial charge in [0.15, 0.2) is 5.82 Å². The van der Waals surface area contributed by atoms with Gasteiger partial charge in [0.1, 0.15) is 16.8 Å². The molecule has 1 fully saturated rings. The lowest BCUT2D eigenvalue weighted by molar-refractivity contribution is 0.228. The predicted octanol–water partition coefficient (Wildman–Crippen LogP) is 2.79. The molecule has 4 rings (SSSR count). The second-order valence-corrected chi connectivity index (χ2v) is 10.5. The Morgan fingerprint density at radius 2 is 2.12 bits per heavy atom. The highest BCUT2D eigenvalue weighted by atomic mass is 32.2. The van der Waals surface area contributed by atoms with Crippen molar-refractivity contribution in [2.75, 3.05) is 19.8 Å². The predicted molar refractivity (Wildman–Crippen MR) is 117 cm³/mol. The van der Waals surface area contributed by atoms with E-state index < -0.39 is 38.7 Å². The second kappa shape index (κ2) is 8.61. The zero-order valence-corrected chi connectivity index (χ0v) is 18.4. The number of fused-ring (bicyclic) bond motifs is 1. The van der Waals surface area contributed by atoms with Gasteiger partial charge < -0.3 is 5.32 Å². The van der Waals surface area contributed by atoms with Crippen LogP contribution in [0.1, 0.15) is 30.7 Å². The van der Waals surface area contributed by atoms with Crippen molar-refractivity contribution in [3.63, 3.8) is 0 Å². The smallest absolute Gasteiger partial charge is 0.285 e. The van der Waals surface area contributed by atoms with Crippen LogP contribution in [0.5, 0.6) is 0 Å². The molecule has 4 N–H and O–H groups in total. The Bertz CT molecular complexity index is 1220. The van der Waals surface area contributed by atoms with Crippen LogP contribution < -0.4 is 10.0 Å². The van der Waals surface area contributed by atoms with Crippen LogP contribution in [0, 0.1) is 10.8 Å². The van der Waals surface area contributed by atoms with E-state index in [1.165, 1.54) is 22.9 Å².